The molecule has 3 rings (SSSR count). The summed E-state index contributed by atoms with van der Waals surface area (Å²) in [5.74, 6) is 0. The summed E-state index contributed by atoms with van der Waals surface area (Å²) < 4.78 is 0. The van der Waals surface area contributed by atoms with Crippen LogP contribution in [0.2, 0.25) is 0 Å². The lowest BCUT2D eigenvalue weighted by atomic mass is 9.94. The van der Waals surface area contributed by atoms with Crippen LogP contribution in [0.3, 0.4) is 0 Å². The van der Waals surface area contributed by atoms with Crippen LogP contribution in [-0.4, -0.2) is 10.2 Å². The van der Waals surface area contributed by atoms with Gasteiger partial charge in [-0.2, -0.15) is 0 Å². The van der Waals surface area contributed by atoms with Crippen LogP contribution in [0.25, 0.3) is 22.3 Å². The van der Waals surface area contributed by atoms with E-state index < -0.39 is 6.29 Å². The summed E-state index contributed by atoms with van der Waals surface area (Å²) in [7, 11) is 0. The Morgan fingerprint density at radius 1 is 0.571 bits per heavy atom. The molecule has 0 spiro atoms. The van der Waals surface area contributed by atoms with Gasteiger partial charge >= 0.3 is 0 Å². The molecule has 0 fully saturated rings. The SMILES string of the molecule is OC(O)c1cc(-c2ccccc2)ccc1-c1ccccc1. The van der Waals surface area contributed by atoms with Crippen molar-refractivity contribution in [1.29, 1.82) is 0 Å². The smallest absolute Gasteiger partial charge is 0.179 e. The fourth-order valence-electron chi connectivity index (χ4n) is 2.47. The molecule has 2 N–H and O–H groups in total. The molecule has 2 nitrogen and oxygen atoms in total. The summed E-state index contributed by atoms with van der Waals surface area (Å²) in [6, 6.07) is 25.4. The van der Waals surface area contributed by atoms with Crippen LogP contribution in [0.4, 0.5) is 0 Å². The van der Waals surface area contributed by atoms with E-state index in [0.717, 1.165) is 22.3 Å². The average Bonchev–Trinajstić information content (AvgIpc) is 2.56. The Morgan fingerprint density at radius 2 is 1.14 bits per heavy atom. The second-order valence-electron chi connectivity index (χ2n) is 4.91. The van der Waals surface area contributed by atoms with Crippen LogP contribution < -0.4 is 0 Å². The number of hydrogen-bond acceptors (Lipinski definition) is 2. The molecule has 104 valence electrons. The van der Waals surface area contributed by atoms with E-state index in [-0.39, 0.29) is 0 Å². The van der Waals surface area contributed by atoms with Crippen molar-refractivity contribution < 1.29 is 10.2 Å². The molecule has 0 aliphatic rings. The summed E-state index contributed by atoms with van der Waals surface area (Å²) in [4.78, 5) is 0. The van der Waals surface area contributed by atoms with E-state index in [2.05, 4.69) is 0 Å². The van der Waals surface area contributed by atoms with E-state index in [4.69, 9.17) is 0 Å². The molecule has 3 aromatic rings. The highest BCUT2D eigenvalue weighted by Gasteiger charge is 2.12. The minimum absolute atomic E-state index is 0.516. The lowest BCUT2D eigenvalue weighted by molar-refractivity contribution is -0.0419. The summed E-state index contributed by atoms with van der Waals surface area (Å²) in [5, 5.41) is 19.4. The van der Waals surface area contributed by atoms with Gasteiger partial charge in [0, 0.05) is 5.56 Å². The molecule has 3 aromatic carbocycles. The van der Waals surface area contributed by atoms with Gasteiger partial charge in [-0.05, 0) is 28.3 Å². The van der Waals surface area contributed by atoms with E-state index in [9.17, 15) is 10.2 Å². The van der Waals surface area contributed by atoms with E-state index in [0.29, 0.717) is 5.56 Å². The predicted octanol–water partition coefficient (Wildman–Crippen LogP) is 4.00. The van der Waals surface area contributed by atoms with Gasteiger partial charge < -0.3 is 10.2 Å². The third kappa shape index (κ3) is 2.87. The first kappa shape index (κ1) is 13.6. The van der Waals surface area contributed by atoms with Crippen LogP contribution >= 0.6 is 0 Å². The second-order valence-corrected chi connectivity index (χ2v) is 4.91. The van der Waals surface area contributed by atoms with Crippen molar-refractivity contribution in [1.82, 2.24) is 0 Å². The largest absolute Gasteiger partial charge is 0.364 e. The van der Waals surface area contributed by atoms with Crippen molar-refractivity contribution >= 4 is 0 Å². The van der Waals surface area contributed by atoms with Crippen molar-refractivity contribution in [2.24, 2.45) is 0 Å². The molecule has 0 aliphatic carbocycles. The Bertz CT molecular complexity index is 719. The van der Waals surface area contributed by atoms with E-state index in [1.165, 1.54) is 0 Å². The van der Waals surface area contributed by atoms with Crippen LogP contribution in [0.1, 0.15) is 11.9 Å². The summed E-state index contributed by atoms with van der Waals surface area (Å²) >= 11 is 0. The standard InChI is InChI=1S/C19H16O2/c20-19(21)18-13-16(14-7-3-1-4-8-14)11-12-17(18)15-9-5-2-6-10-15/h1-13,19-21H. The third-order valence-corrected chi connectivity index (χ3v) is 3.52. The maximum atomic E-state index is 9.69. The first-order valence-corrected chi connectivity index (χ1v) is 6.86. The van der Waals surface area contributed by atoms with Gasteiger partial charge in [0.1, 0.15) is 0 Å². The highest BCUT2D eigenvalue weighted by Crippen LogP contribution is 2.31. The molecule has 0 saturated heterocycles. The predicted molar refractivity (Wildman–Crippen MR) is 84.5 cm³/mol. The topological polar surface area (TPSA) is 40.5 Å². The Labute approximate surface area is 123 Å². The molecular weight excluding hydrogens is 260 g/mol. The fourth-order valence-corrected chi connectivity index (χ4v) is 2.47. The van der Waals surface area contributed by atoms with E-state index in [1.807, 2.05) is 78.9 Å². The van der Waals surface area contributed by atoms with Gasteiger partial charge in [-0.15, -0.1) is 0 Å². The lowest BCUT2D eigenvalue weighted by Gasteiger charge is -2.14. The summed E-state index contributed by atoms with van der Waals surface area (Å²) in [6.45, 7) is 0. The minimum atomic E-state index is -1.50. The van der Waals surface area contributed by atoms with Crippen molar-refractivity contribution in [2.45, 2.75) is 6.29 Å². The van der Waals surface area contributed by atoms with Crippen LogP contribution in [-0.2, 0) is 0 Å². The molecule has 0 bridgehead atoms. The molecule has 0 aromatic heterocycles. The number of rotatable bonds is 3. The van der Waals surface area contributed by atoms with E-state index >= 15 is 0 Å². The van der Waals surface area contributed by atoms with Crippen molar-refractivity contribution in [2.75, 3.05) is 0 Å². The Kier molecular flexibility index (Phi) is 3.82. The van der Waals surface area contributed by atoms with Gasteiger partial charge in [-0.3, -0.25) is 0 Å². The molecule has 0 unspecified atom stereocenters. The Balaban J connectivity index is 2.12. The zero-order valence-electron chi connectivity index (χ0n) is 11.5. The number of benzene rings is 3. The fraction of sp³-hybridized carbons (Fsp3) is 0.0526. The molecule has 0 radical (unpaired) electrons. The molecule has 21 heavy (non-hydrogen) atoms. The van der Waals surface area contributed by atoms with Gasteiger partial charge in [0.05, 0.1) is 0 Å². The number of aliphatic hydroxyl groups excluding tert-OH is 1. The Morgan fingerprint density at radius 3 is 1.71 bits per heavy atom. The van der Waals surface area contributed by atoms with Gasteiger partial charge in [-0.1, -0.05) is 72.8 Å². The summed E-state index contributed by atoms with van der Waals surface area (Å²) in [5.41, 5.74) is 4.35. The minimum Gasteiger partial charge on any atom is -0.364 e. The van der Waals surface area contributed by atoms with Gasteiger partial charge in [0.15, 0.2) is 6.29 Å². The number of hydrogen-bond donors (Lipinski definition) is 2. The lowest BCUT2D eigenvalue weighted by Crippen LogP contribution is -1.98. The first-order valence-electron chi connectivity index (χ1n) is 6.86. The van der Waals surface area contributed by atoms with Crippen molar-refractivity contribution in [3.05, 3.63) is 84.4 Å². The van der Waals surface area contributed by atoms with Crippen molar-refractivity contribution in [3.8, 4) is 22.3 Å². The van der Waals surface area contributed by atoms with Gasteiger partial charge in [-0.25, -0.2) is 0 Å². The van der Waals surface area contributed by atoms with Gasteiger partial charge in [0.25, 0.3) is 0 Å². The van der Waals surface area contributed by atoms with Gasteiger partial charge in [0.2, 0.25) is 0 Å². The first-order chi connectivity index (χ1) is 10.3. The second kappa shape index (κ2) is 5.92. The number of aliphatic hydroxyl groups is 2. The Hall–Kier alpha value is -2.42. The van der Waals surface area contributed by atoms with Crippen LogP contribution in [0.5, 0.6) is 0 Å². The molecule has 0 atom stereocenters. The zero-order valence-corrected chi connectivity index (χ0v) is 11.5. The summed E-state index contributed by atoms with van der Waals surface area (Å²) in [6.07, 6.45) is -1.50. The molecular formula is C19H16O2. The third-order valence-electron chi connectivity index (χ3n) is 3.52. The maximum absolute atomic E-state index is 9.69. The van der Waals surface area contributed by atoms with Crippen LogP contribution in [0.15, 0.2) is 78.9 Å². The highest BCUT2D eigenvalue weighted by molar-refractivity contribution is 5.73. The normalized spacial score (nSPS) is 10.8. The quantitative estimate of drug-likeness (QED) is 0.710. The average molecular weight is 276 g/mol. The zero-order chi connectivity index (χ0) is 14.7. The molecule has 0 aliphatic heterocycles. The molecule has 0 saturated carbocycles. The highest BCUT2D eigenvalue weighted by atomic mass is 16.5. The van der Waals surface area contributed by atoms with Crippen LogP contribution in [0, 0.1) is 0 Å². The maximum Gasteiger partial charge on any atom is 0.179 e. The van der Waals surface area contributed by atoms with Crippen molar-refractivity contribution in [3.63, 3.8) is 0 Å². The molecule has 2 heteroatoms. The van der Waals surface area contributed by atoms with E-state index in [1.54, 1.807) is 0 Å². The molecule has 0 amide bonds. The monoisotopic (exact) mass is 276 g/mol. The molecule has 0 heterocycles.